The highest BCUT2D eigenvalue weighted by Gasteiger charge is 2.35. The van der Waals surface area contributed by atoms with Crippen LogP contribution < -0.4 is 51.9 Å². The van der Waals surface area contributed by atoms with Gasteiger partial charge in [0.25, 0.3) is 0 Å². The Bertz CT molecular complexity index is 7160. The lowest BCUT2D eigenvalue weighted by Crippen LogP contribution is -2.37. The number of aromatic nitrogens is 6. The molecule has 3 aromatic heterocycles. The predicted octanol–water partition coefficient (Wildman–Crippen LogP) is 25.5. The van der Waals surface area contributed by atoms with E-state index >= 15 is 0 Å². The summed E-state index contributed by atoms with van der Waals surface area (Å²) in [6, 6.07) is 118. The van der Waals surface area contributed by atoms with Crippen molar-refractivity contribution in [1.29, 1.82) is 0 Å². The first-order valence-electron chi connectivity index (χ1n) is 43.9. The number of fused-ring (bicyclic) bond motifs is 5. The summed E-state index contributed by atoms with van der Waals surface area (Å²) in [5, 5.41) is 14.7. The fourth-order valence-corrected chi connectivity index (χ4v) is 26.9. The first kappa shape index (κ1) is 84.2. The summed E-state index contributed by atoms with van der Waals surface area (Å²) in [6.07, 6.45) is 0. The number of nitrogens with zero attached hydrogens (tertiary/aromatic N) is 6. The second kappa shape index (κ2) is 32.7. The molecule has 0 atom stereocenters. The second-order valence-electron chi connectivity index (χ2n) is 39.9. The predicted molar refractivity (Wildman–Crippen MR) is 558 cm³/mol. The third-order valence-electron chi connectivity index (χ3n) is 25.1. The van der Waals surface area contributed by atoms with Crippen LogP contribution in [0.25, 0.3) is 167 Å². The molecule has 0 saturated heterocycles. The molecule has 0 radical (unpaired) electrons. The van der Waals surface area contributed by atoms with E-state index in [0.29, 0.717) is 28.5 Å². The summed E-state index contributed by atoms with van der Waals surface area (Å²) < 4.78 is 6.17. The van der Waals surface area contributed by atoms with Gasteiger partial charge in [0.2, 0.25) is 0 Å². The normalized spacial score (nSPS) is 12.5. The molecular formula is C111H109N6OPSi6. The van der Waals surface area contributed by atoms with Crippen LogP contribution in [0.3, 0.4) is 0 Å². The van der Waals surface area contributed by atoms with Crippen molar-refractivity contribution >= 4 is 158 Å². The topological polar surface area (TPSA) is 86.6 Å². The van der Waals surface area contributed by atoms with Crippen molar-refractivity contribution < 1.29 is 4.74 Å². The van der Waals surface area contributed by atoms with Crippen LogP contribution in [0.1, 0.15) is 0 Å². The molecule has 618 valence electrons. The molecule has 0 N–H and O–H groups in total. The largest absolute Gasteiger partial charge is 0.497 e. The Morgan fingerprint density at radius 1 is 0.216 bits per heavy atom. The molecule has 0 amide bonds. The third kappa shape index (κ3) is 16.5. The first-order valence-corrected chi connectivity index (χ1v) is 66.3. The van der Waals surface area contributed by atoms with Crippen molar-refractivity contribution in [3.63, 3.8) is 0 Å². The summed E-state index contributed by atoms with van der Waals surface area (Å²) in [6.45, 7) is 43.6. The van der Waals surface area contributed by atoms with Gasteiger partial charge in [-0.25, -0.2) is 29.9 Å². The zero-order valence-corrected chi connectivity index (χ0v) is 82.5. The molecule has 0 unspecified atom stereocenters. The van der Waals surface area contributed by atoms with Gasteiger partial charge in [-0.15, -0.1) is 0 Å². The Hall–Kier alpha value is -11.6. The average Bonchev–Trinajstić information content (AvgIpc) is 0.714. The number of hydrogen-bond donors (Lipinski definition) is 0. The molecule has 0 spiro atoms. The van der Waals surface area contributed by atoms with E-state index in [4.69, 9.17) is 34.6 Å². The third-order valence-corrected chi connectivity index (χ3v) is 39.8. The second-order valence-corrected chi connectivity index (χ2v) is 72.5. The van der Waals surface area contributed by atoms with E-state index in [9.17, 15) is 0 Å². The minimum atomic E-state index is -1.79. The monoisotopic (exact) mass is 1740 g/mol. The van der Waals surface area contributed by atoms with Gasteiger partial charge in [-0.1, -0.05) is 452 Å². The lowest BCUT2D eigenvalue weighted by Gasteiger charge is -2.24. The summed E-state index contributed by atoms with van der Waals surface area (Å²) in [5.41, 5.74) is 23.0. The molecule has 0 aliphatic carbocycles. The zero-order valence-electron chi connectivity index (χ0n) is 75.6. The van der Waals surface area contributed by atoms with Gasteiger partial charge in [-0.05, 0) is 88.8 Å². The van der Waals surface area contributed by atoms with Crippen molar-refractivity contribution in [1.82, 2.24) is 29.9 Å². The lowest BCUT2D eigenvalue weighted by atomic mass is 9.87. The fraction of sp³-hybridized carbons (Fsp3) is 0.171. The number of methoxy groups -OCH3 is 1. The van der Waals surface area contributed by atoms with Crippen LogP contribution in [0.2, 0.25) is 118 Å². The van der Waals surface area contributed by atoms with Gasteiger partial charge in [-0.3, -0.25) is 0 Å². The number of benzene rings is 15. The summed E-state index contributed by atoms with van der Waals surface area (Å²) >= 11 is 0. The SMILES string of the molecule is COc1ccc2cccc(-c3c(-c4nc5c(-c6ccc([Si](C)(C)C)cc6)ccc(-c6ccc([Si](C)(C)C)cc6)c5nc4-c4nc5c(-c6ccc([Si](C)(C)C)cc6)ccc(-c6ccc([Si](C)(C)C)cc6)c5nc4-c4nc5c(-c6ccc([Si](C)(C)C)cc6)ccc(-c6ccc([Si](C)(C)C)cc6)c5nc4P(c4ccccc4)c4ccccc4)ccc4ccccc34)c2c1. The first-order chi connectivity index (χ1) is 59.7. The van der Waals surface area contributed by atoms with Gasteiger partial charge < -0.3 is 4.74 Å². The zero-order chi connectivity index (χ0) is 87.4. The Kier molecular flexibility index (Phi) is 22.1. The molecule has 125 heavy (non-hydrogen) atoms. The quantitative estimate of drug-likeness (QED) is 0.0555. The molecule has 0 saturated carbocycles. The van der Waals surface area contributed by atoms with Gasteiger partial charge in [0.15, 0.2) is 0 Å². The van der Waals surface area contributed by atoms with Crippen LogP contribution in [0.5, 0.6) is 5.75 Å². The maximum atomic E-state index is 6.62. The highest BCUT2D eigenvalue weighted by molar-refractivity contribution is 7.79. The molecule has 0 aliphatic heterocycles. The molecule has 18 aromatic rings. The molecule has 0 fully saturated rings. The molecule has 14 heteroatoms. The molecule has 7 nitrogen and oxygen atoms in total. The van der Waals surface area contributed by atoms with E-state index in [-0.39, 0.29) is 0 Å². The summed E-state index contributed by atoms with van der Waals surface area (Å²) in [4.78, 5) is 39.4. The van der Waals surface area contributed by atoms with Gasteiger partial charge in [-0.2, -0.15) is 0 Å². The minimum absolute atomic E-state index is 0.516. The average molecular weight is 1740 g/mol. The summed E-state index contributed by atoms with van der Waals surface area (Å²) in [7, 11) is -10.5. The van der Waals surface area contributed by atoms with E-state index in [0.717, 1.165) is 160 Å². The number of ether oxygens (including phenoxy) is 1. The highest BCUT2D eigenvalue weighted by atomic mass is 31.1. The molecule has 3 heterocycles. The highest BCUT2D eigenvalue weighted by Crippen LogP contribution is 2.50. The molecule has 18 rings (SSSR count). The van der Waals surface area contributed by atoms with E-state index in [1.165, 1.54) is 31.1 Å². The van der Waals surface area contributed by atoms with Crippen LogP contribution in [0, 0.1) is 0 Å². The Labute approximate surface area is 745 Å². The molecular weight excluding hydrogens is 1630 g/mol. The maximum Gasteiger partial charge on any atom is 0.120 e. The van der Waals surface area contributed by atoms with Crippen LogP contribution in [0.15, 0.2) is 315 Å². The van der Waals surface area contributed by atoms with Crippen LogP contribution >= 0.6 is 7.92 Å². The minimum Gasteiger partial charge on any atom is -0.497 e. The fourth-order valence-electron chi connectivity index (χ4n) is 17.6. The number of hydrogen-bond acceptors (Lipinski definition) is 7. The lowest BCUT2D eigenvalue weighted by molar-refractivity contribution is 0.415. The Morgan fingerprint density at radius 3 is 0.832 bits per heavy atom. The van der Waals surface area contributed by atoms with Crippen LogP contribution in [-0.4, -0.2) is 85.5 Å². The van der Waals surface area contributed by atoms with Crippen LogP contribution in [-0.2, 0) is 0 Å². The Morgan fingerprint density at radius 2 is 0.488 bits per heavy atom. The van der Waals surface area contributed by atoms with E-state index in [2.05, 4.69) is 433 Å². The van der Waals surface area contributed by atoms with E-state index < -0.39 is 56.4 Å². The van der Waals surface area contributed by atoms with Crippen molar-refractivity contribution in [2.45, 2.75) is 118 Å². The van der Waals surface area contributed by atoms with Gasteiger partial charge in [0.1, 0.15) is 34.0 Å². The standard InChI is InChI=1S/C111H109N6OPSi6/c1-118-80-51-37-73-30-28-36-96(98(73)71-80)99-89-35-27-26-29-72(89)50-64-97(99)106-107(113-101-91(75-40-54-84(55-41-75)121(5,6)7)66-65-90(100(101)112-106)74-38-52-83(53-39-74)120(2,3)4)108-109(115-103-93(77-44-58-86(59-45-77)123(11,12)13)68-67-92(102(103)114-108)76-42-56-85(57-43-76)122(8,9)10)110-111(119(81-31-22-20-23-32-81)82-33-24-21-25-34-82)117-105-95(79-48-62-88(63-49-79)125(17,18)19)70-69-94(104(105)116-110)78-46-60-87(61-47-78)124(14,15)16/h20-71H,1-19H3. The van der Waals surface area contributed by atoms with Gasteiger partial charge in [0, 0.05) is 46.9 Å². The maximum absolute atomic E-state index is 6.62. The smallest absolute Gasteiger partial charge is 0.120 e. The molecule has 0 bridgehead atoms. The van der Waals surface area contributed by atoms with E-state index in [1.807, 2.05) is 0 Å². The number of rotatable bonds is 20. The summed E-state index contributed by atoms with van der Waals surface area (Å²) in [5.74, 6) is 0.763. The van der Waals surface area contributed by atoms with Crippen molar-refractivity contribution in [2.24, 2.45) is 0 Å². The molecule has 0 aliphatic rings. The van der Waals surface area contributed by atoms with Crippen molar-refractivity contribution in [2.75, 3.05) is 7.11 Å². The van der Waals surface area contributed by atoms with Gasteiger partial charge >= 0.3 is 0 Å². The molecule has 15 aromatic carbocycles. The van der Waals surface area contributed by atoms with Crippen LogP contribution in [0.4, 0.5) is 0 Å². The van der Waals surface area contributed by atoms with Crippen molar-refractivity contribution in [3.05, 3.63) is 315 Å². The Balaban J connectivity index is 1.09. The van der Waals surface area contributed by atoms with E-state index in [1.54, 1.807) is 7.11 Å². The van der Waals surface area contributed by atoms with Gasteiger partial charge in [0.05, 0.1) is 94.3 Å². The van der Waals surface area contributed by atoms with Crippen molar-refractivity contribution in [3.8, 4) is 118 Å².